The Bertz CT molecular complexity index is 810. The van der Waals surface area contributed by atoms with E-state index in [-0.39, 0.29) is 12.5 Å². The minimum Gasteiger partial charge on any atom is -0.459 e. The third-order valence-corrected chi connectivity index (χ3v) is 9.14. The standard InChI is InChI=1S/C20H28O9/c1-7-6-26-12-10(21)18-9-5-8(16(2,3)4)17(18)11(22)13(23)28-15(17)29-20(18,14(24)27-9)19(7,12)25/h7-13,15,21-23,25H,5-6H2,1-4H3/t7-,8?,9?,10+,11+,12?,13+,15?,17?,18?,19-,20?/m1/s1. The van der Waals surface area contributed by atoms with Gasteiger partial charge in [-0.25, -0.2) is 4.79 Å². The van der Waals surface area contributed by atoms with E-state index in [9.17, 15) is 25.2 Å². The number of carbonyl (C=O) groups is 1. The molecule has 0 aromatic rings. The van der Waals surface area contributed by atoms with E-state index in [1.54, 1.807) is 6.92 Å². The van der Waals surface area contributed by atoms with Crippen molar-refractivity contribution in [2.45, 2.75) is 82.3 Å². The van der Waals surface area contributed by atoms with Crippen molar-refractivity contribution in [1.29, 1.82) is 0 Å². The Kier molecular flexibility index (Phi) is 3.15. The lowest BCUT2D eigenvalue weighted by Crippen LogP contribution is -2.67. The summed E-state index contributed by atoms with van der Waals surface area (Å²) in [5.74, 6) is -1.59. The van der Waals surface area contributed by atoms with Crippen molar-refractivity contribution in [2.75, 3.05) is 6.61 Å². The van der Waals surface area contributed by atoms with Crippen LogP contribution in [-0.4, -0.2) is 81.2 Å². The zero-order valence-electron chi connectivity index (χ0n) is 16.9. The predicted molar refractivity (Wildman–Crippen MR) is 92.9 cm³/mol. The van der Waals surface area contributed by atoms with Crippen molar-refractivity contribution in [3.63, 3.8) is 0 Å². The molecule has 2 saturated carbocycles. The Labute approximate surface area is 167 Å². The van der Waals surface area contributed by atoms with Crippen molar-refractivity contribution in [1.82, 2.24) is 0 Å². The Morgan fingerprint density at radius 3 is 2.48 bits per heavy atom. The highest BCUT2D eigenvalue weighted by Gasteiger charge is 3.02. The summed E-state index contributed by atoms with van der Waals surface area (Å²) in [6.45, 7) is 7.89. The van der Waals surface area contributed by atoms with E-state index in [4.69, 9.17) is 18.9 Å². The van der Waals surface area contributed by atoms with Crippen LogP contribution in [0.1, 0.15) is 34.1 Å². The van der Waals surface area contributed by atoms with Crippen LogP contribution in [0, 0.1) is 28.1 Å². The second-order valence-corrected chi connectivity index (χ2v) is 10.9. The number of esters is 1. The Balaban J connectivity index is 1.71. The average molecular weight is 412 g/mol. The van der Waals surface area contributed by atoms with Gasteiger partial charge in [0.15, 0.2) is 12.6 Å². The van der Waals surface area contributed by atoms with Gasteiger partial charge in [-0.1, -0.05) is 27.7 Å². The first kappa shape index (κ1) is 18.9. The van der Waals surface area contributed by atoms with Crippen LogP contribution >= 0.6 is 0 Å². The molecule has 29 heavy (non-hydrogen) atoms. The monoisotopic (exact) mass is 412 g/mol. The molecule has 6 fully saturated rings. The fourth-order valence-corrected chi connectivity index (χ4v) is 8.36. The largest absolute Gasteiger partial charge is 0.459 e. The maximum atomic E-state index is 13.4. The summed E-state index contributed by atoms with van der Waals surface area (Å²) in [5, 5.41) is 45.4. The highest BCUT2D eigenvalue weighted by molar-refractivity contribution is 5.89. The molecule has 2 spiro atoms. The first-order chi connectivity index (χ1) is 13.4. The van der Waals surface area contributed by atoms with Crippen LogP contribution < -0.4 is 0 Å². The van der Waals surface area contributed by atoms with Gasteiger partial charge in [0.2, 0.25) is 5.60 Å². The van der Waals surface area contributed by atoms with Crippen LogP contribution in [-0.2, 0) is 23.7 Å². The van der Waals surface area contributed by atoms with E-state index in [0.717, 1.165) is 0 Å². The van der Waals surface area contributed by atoms with E-state index in [0.29, 0.717) is 6.42 Å². The van der Waals surface area contributed by atoms with Crippen molar-refractivity contribution in [3.8, 4) is 0 Å². The molecule has 6 rings (SSSR count). The predicted octanol–water partition coefficient (Wildman–Crippen LogP) is -1.10. The number of rotatable bonds is 0. The van der Waals surface area contributed by atoms with Gasteiger partial charge in [-0.3, -0.25) is 0 Å². The molecular weight excluding hydrogens is 384 g/mol. The minimum atomic E-state index is -1.93. The summed E-state index contributed by atoms with van der Waals surface area (Å²) < 4.78 is 23.5. The average Bonchev–Trinajstić information content (AvgIpc) is 3.34. The zero-order valence-corrected chi connectivity index (χ0v) is 16.9. The van der Waals surface area contributed by atoms with E-state index >= 15 is 0 Å². The molecule has 7 unspecified atom stereocenters. The van der Waals surface area contributed by atoms with Gasteiger partial charge in [-0.2, -0.15) is 0 Å². The SMILES string of the molecule is C[C@@H]1COC2[C@H](O)C34C5CC(C(C)(C)C)C36C(O[C@H](O)[C@@H]6O)OC4(C(=O)O5)[C@]21O. The van der Waals surface area contributed by atoms with Crippen LogP contribution in [0.3, 0.4) is 0 Å². The molecule has 9 nitrogen and oxygen atoms in total. The van der Waals surface area contributed by atoms with Crippen molar-refractivity contribution in [3.05, 3.63) is 0 Å². The van der Waals surface area contributed by atoms with Gasteiger partial charge >= 0.3 is 5.97 Å². The molecule has 12 atom stereocenters. The summed E-state index contributed by atoms with van der Waals surface area (Å²) in [6.07, 6.45) is -6.96. The molecule has 4 N–H and O–H groups in total. The van der Waals surface area contributed by atoms with Crippen molar-refractivity contribution in [2.24, 2.45) is 28.1 Å². The van der Waals surface area contributed by atoms with E-state index in [2.05, 4.69) is 0 Å². The van der Waals surface area contributed by atoms with Gasteiger partial charge < -0.3 is 39.4 Å². The van der Waals surface area contributed by atoms with Gasteiger partial charge in [-0.05, 0) is 17.8 Å². The molecular formula is C20H28O9. The number of aliphatic hydroxyl groups is 4. The van der Waals surface area contributed by atoms with Crippen LogP contribution in [0.25, 0.3) is 0 Å². The Morgan fingerprint density at radius 1 is 1.14 bits per heavy atom. The second-order valence-electron chi connectivity index (χ2n) is 10.9. The van der Waals surface area contributed by atoms with Crippen LogP contribution in [0.15, 0.2) is 0 Å². The van der Waals surface area contributed by atoms with Crippen LogP contribution in [0.2, 0.25) is 0 Å². The second kappa shape index (κ2) is 4.82. The van der Waals surface area contributed by atoms with Crippen molar-refractivity contribution >= 4 is 5.97 Å². The van der Waals surface area contributed by atoms with E-state index in [1.165, 1.54) is 0 Å². The fourth-order valence-electron chi connectivity index (χ4n) is 8.36. The number of hydrogen-bond donors (Lipinski definition) is 4. The normalized spacial score (nSPS) is 64.8. The molecule has 0 aromatic carbocycles. The van der Waals surface area contributed by atoms with Gasteiger partial charge in [0.1, 0.15) is 23.9 Å². The summed E-state index contributed by atoms with van der Waals surface area (Å²) in [5.41, 5.74) is -7.01. The molecule has 0 amide bonds. The quantitative estimate of drug-likeness (QED) is 0.366. The highest BCUT2D eigenvalue weighted by atomic mass is 16.8. The highest BCUT2D eigenvalue weighted by Crippen LogP contribution is 2.84. The number of aliphatic hydroxyl groups excluding tert-OH is 3. The topological polar surface area (TPSA) is 135 Å². The number of fused-ring (bicyclic) bond motifs is 1. The van der Waals surface area contributed by atoms with Gasteiger partial charge in [0.05, 0.1) is 23.5 Å². The molecule has 162 valence electrons. The summed E-state index contributed by atoms with van der Waals surface area (Å²) >= 11 is 0. The maximum Gasteiger partial charge on any atom is 0.342 e. The van der Waals surface area contributed by atoms with Crippen LogP contribution in [0.5, 0.6) is 0 Å². The molecule has 4 heterocycles. The first-order valence-corrected chi connectivity index (χ1v) is 10.4. The molecule has 6 aliphatic rings. The lowest BCUT2D eigenvalue weighted by Gasteiger charge is -2.49. The summed E-state index contributed by atoms with van der Waals surface area (Å²) in [4.78, 5) is 13.4. The fraction of sp³-hybridized carbons (Fsp3) is 0.950. The number of carbonyl (C=O) groups excluding carboxylic acids is 1. The lowest BCUT2D eigenvalue weighted by molar-refractivity contribution is -0.263. The van der Waals surface area contributed by atoms with Crippen molar-refractivity contribution < 1.29 is 44.2 Å². The molecule has 0 aromatic heterocycles. The molecule has 9 heteroatoms. The third kappa shape index (κ3) is 1.42. The van der Waals surface area contributed by atoms with Gasteiger partial charge in [0.25, 0.3) is 0 Å². The van der Waals surface area contributed by atoms with Gasteiger partial charge in [0, 0.05) is 5.92 Å². The Hall–Kier alpha value is -0.810. The summed E-state index contributed by atoms with van der Waals surface area (Å²) in [7, 11) is 0. The molecule has 4 saturated heterocycles. The van der Waals surface area contributed by atoms with Crippen LogP contribution in [0.4, 0.5) is 0 Å². The maximum absolute atomic E-state index is 13.4. The first-order valence-electron chi connectivity index (χ1n) is 10.4. The number of ether oxygens (including phenoxy) is 4. The Morgan fingerprint density at radius 2 is 1.83 bits per heavy atom. The lowest BCUT2D eigenvalue weighted by atomic mass is 9.51. The molecule has 2 aliphatic carbocycles. The zero-order chi connectivity index (χ0) is 20.9. The minimum absolute atomic E-state index is 0.157. The molecule has 0 radical (unpaired) electrons. The molecule has 0 bridgehead atoms. The molecule has 4 aliphatic heterocycles. The van der Waals surface area contributed by atoms with Gasteiger partial charge in [-0.15, -0.1) is 0 Å². The summed E-state index contributed by atoms with van der Waals surface area (Å²) in [6, 6.07) is 0. The third-order valence-electron chi connectivity index (χ3n) is 9.14. The smallest absolute Gasteiger partial charge is 0.342 e. The van der Waals surface area contributed by atoms with E-state index < -0.39 is 76.3 Å². The van der Waals surface area contributed by atoms with E-state index in [1.807, 2.05) is 20.8 Å². The number of hydrogen-bond acceptors (Lipinski definition) is 9.